The SMILES string of the molecule is C=CCOCC1CN(C(=O)OCc2ccccc2)c2ccccc2O1. The van der Waals surface area contributed by atoms with Crippen molar-refractivity contribution in [1.82, 2.24) is 0 Å². The van der Waals surface area contributed by atoms with Crippen molar-refractivity contribution >= 4 is 11.8 Å². The van der Waals surface area contributed by atoms with E-state index in [9.17, 15) is 4.79 Å². The van der Waals surface area contributed by atoms with E-state index in [1.54, 1.807) is 11.0 Å². The largest absolute Gasteiger partial charge is 0.484 e. The van der Waals surface area contributed by atoms with Crippen LogP contribution >= 0.6 is 0 Å². The van der Waals surface area contributed by atoms with E-state index in [1.165, 1.54) is 0 Å². The Labute approximate surface area is 147 Å². The lowest BCUT2D eigenvalue weighted by atomic mass is 10.2. The van der Waals surface area contributed by atoms with Crippen molar-refractivity contribution in [2.45, 2.75) is 12.7 Å². The average molecular weight is 339 g/mol. The van der Waals surface area contributed by atoms with Crippen LogP contribution in [0, 0.1) is 0 Å². The zero-order valence-electron chi connectivity index (χ0n) is 14.0. The van der Waals surface area contributed by atoms with Crippen LogP contribution in [0.15, 0.2) is 67.3 Å². The molecule has 0 fully saturated rings. The molecule has 0 radical (unpaired) electrons. The van der Waals surface area contributed by atoms with Crippen molar-refractivity contribution in [3.8, 4) is 5.75 Å². The van der Waals surface area contributed by atoms with Gasteiger partial charge < -0.3 is 14.2 Å². The van der Waals surface area contributed by atoms with E-state index >= 15 is 0 Å². The Morgan fingerprint density at radius 1 is 1.20 bits per heavy atom. The summed E-state index contributed by atoms with van der Waals surface area (Å²) in [5.74, 6) is 0.651. The normalized spacial score (nSPS) is 15.8. The van der Waals surface area contributed by atoms with Crippen molar-refractivity contribution in [3.63, 3.8) is 0 Å². The van der Waals surface area contributed by atoms with Gasteiger partial charge in [-0.15, -0.1) is 6.58 Å². The molecule has 5 heteroatoms. The molecule has 1 aliphatic rings. The number of fused-ring (bicyclic) bond motifs is 1. The van der Waals surface area contributed by atoms with Gasteiger partial charge in [0, 0.05) is 0 Å². The average Bonchev–Trinajstić information content (AvgIpc) is 2.66. The standard InChI is InChI=1S/C20H21NO4/c1-2-12-23-15-17-13-21(18-10-6-7-11-19(18)25-17)20(22)24-14-16-8-4-3-5-9-16/h2-11,17H,1,12-15H2. The van der Waals surface area contributed by atoms with Gasteiger partial charge in [-0.1, -0.05) is 48.5 Å². The molecular weight excluding hydrogens is 318 g/mol. The minimum Gasteiger partial charge on any atom is -0.484 e. The molecule has 1 amide bonds. The van der Waals surface area contributed by atoms with Crippen LogP contribution < -0.4 is 9.64 Å². The second-order valence-corrected chi connectivity index (χ2v) is 5.68. The summed E-state index contributed by atoms with van der Waals surface area (Å²) in [6, 6.07) is 17.0. The summed E-state index contributed by atoms with van der Waals surface area (Å²) in [6.07, 6.45) is 1.04. The predicted octanol–water partition coefficient (Wildman–Crippen LogP) is 3.79. The molecule has 130 valence electrons. The molecule has 0 aliphatic carbocycles. The van der Waals surface area contributed by atoms with Crippen LogP contribution in [0.5, 0.6) is 5.75 Å². The van der Waals surface area contributed by atoms with E-state index in [-0.39, 0.29) is 12.7 Å². The quantitative estimate of drug-likeness (QED) is 0.593. The summed E-state index contributed by atoms with van der Waals surface area (Å²) >= 11 is 0. The van der Waals surface area contributed by atoms with Crippen LogP contribution in [0.3, 0.4) is 0 Å². The van der Waals surface area contributed by atoms with Crippen LogP contribution in [0.4, 0.5) is 10.5 Å². The molecule has 0 bridgehead atoms. The van der Waals surface area contributed by atoms with Gasteiger partial charge in [-0.2, -0.15) is 0 Å². The highest BCUT2D eigenvalue weighted by Crippen LogP contribution is 2.33. The molecule has 0 N–H and O–H groups in total. The Morgan fingerprint density at radius 2 is 1.96 bits per heavy atom. The summed E-state index contributed by atoms with van der Waals surface area (Å²) in [7, 11) is 0. The molecule has 2 aromatic rings. The maximum absolute atomic E-state index is 12.6. The lowest BCUT2D eigenvalue weighted by molar-refractivity contribution is 0.0606. The maximum atomic E-state index is 12.6. The number of carbonyl (C=O) groups is 1. The summed E-state index contributed by atoms with van der Waals surface area (Å²) in [4.78, 5) is 14.2. The maximum Gasteiger partial charge on any atom is 0.414 e. The molecule has 1 atom stereocenters. The van der Waals surface area contributed by atoms with Gasteiger partial charge in [0.2, 0.25) is 0 Å². The predicted molar refractivity (Wildman–Crippen MR) is 95.8 cm³/mol. The van der Waals surface area contributed by atoms with Gasteiger partial charge in [0.1, 0.15) is 18.5 Å². The molecule has 25 heavy (non-hydrogen) atoms. The van der Waals surface area contributed by atoms with E-state index < -0.39 is 6.09 Å². The number of rotatable bonds is 6. The minimum atomic E-state index is -0.395. The zero-order chi connectivity index (χ0) is 17.5. The Hall–Kier alpha value is -2.79. The number of carbonyl (C=O) groups excluding carboxylic acids is 1. The van der Waals surface area contributed by atoms with Crippen LogP contribution in [-0.4, -0.2) is 32.0 Å². The Bertz CT molecular complexity index is 717. The van der Waals surface area contributed by atoms with Gasteiger partial charge in [0.25, 0.3) is 0 Å². The molecule has 0 saturated carbocycles. The number of para-hydroxylation sites is 2. The second-order valence-electron chi connectivity index (χ2n) is 5.68. The Morgan fingerprint density at radius 3 is 2.76 bits per heavy atom. The number of ether oxygens (including phenoxy) is 3. The van der Waals surface area contributed by atoms with Crippen molar-refractivity contribution < 1.29 is 19.0 Å². The van der Waals surface area contributed by atoms with Gasteiger partial charge >= 0.3 is 6.09 Å². The fourth-order valence-corrected chi connectivity index (χ4v) is 2.64. The van der Waals surface area contributed by atoms with Crippen molar-refractivity contribution in [2.24, 2.45) is 0 Å². The van der Waals surface area contributed by atoms with E-state index in [4.69, 9.17) is 14.2 Å². The first-order chi connectivity index (χ1) is 12.3. The van der Waals surface area contributed by atoms with E-state index in [1.807, 2.05) is 54.6 Å². The molecule has 0 aromatic heterocycles. The third-order valence-electron chi connectivity index (χ3n) is 3.80. The summed E-state index contributed by atoms with van der Waals surface area (Å²) < 4.78 is 16.9. The first kappa shape index (κ1) is 17.0. The third-order valence-corrected chi connectivity index (χ3v) is 3.80. The Kier molecular flexibility index (Phi) is 5.69. The second kappa shape index (κ2) is 8.35. The highest BCUT2D eigenvalue weighted by Gasteiger charge is 2.30. The van der Waals surface area contributed by atoms with Gasteiger partial charge in [-0.05, 0) is 17.7 Å². The molecule has 1 aliphatic heterocycles. The van der Waals surface area contributed by atoms with Gasteiger partial charge in [-0.25, -0.2) is 4.79 Å². The first-order valence-electron chi connectivity index (χ1n) is 8.20. The number of nitrogens with zero attached hydrogens (tertiary/aromatic N) is 1. The fraction of sp³-hybridized carbons (Fsp3) is 0.250. The number of hydrogen-bond donors (Lipinski definition) is 0. The lowest BCUT2D eigenvalue weighted by Crippen LogP contribution is -2.45. The number of amides is 1. The highest BCUT2D eigenvalue weighted by molar-refractivity contribution is 5.90. The zero-order valence-corrected chi connectivity index (χ0v) is 14.0. The molecule has 3 rings (SSSR count). The first-order valence-corrected chi connectivity index (χ1v) is 8.20. The molecule has 0 saturated heterocycles. The van der Waals surface area contributed by atoms with Crippen LogP contribution in [0.25, 0.3) is 0 Å². The van der Waals surface area contributed by atoms with Gasteiger partial charge in [0.15, 0.2) is 0 Å². The summed E-state index contributed by atoms with van der Waals surface area (Å²) in [6.45, 7) is 5.06. The minimum absolute atomic E-state index is 0.233. The van der Waals surface area contributed by atoms with Crippen LogP contribution in [0.2, 0.25) is 0 Å². The molecular formula is C20H21NO4. The molecule has 1 unspecified atom stereocenters. The van der Waals surface area contributed by atoms with Gasteiger partial charge in [-0.3, -0.25) is 4.90 Å². The van der Waals surface area contributed by atoms with Crippen LogP contribution in [0.1, 0.15) is 5.56 Å². The monoisotopic (exact) mass is 339 g/mol. The smallest absolute Gasteiger partial charge is 0.414 e. The molecule has 5 nitrogen and oxygen atoms in total. The summed E-state index contributed by atoms with van der Waals surface area (Å²) in [5, 5.41) is 0. The van der Waals surface area contributed by atoms with Crippen molar-refractivity contribution in [1.29, 1.82) is 0 Å². The molecule has 1 heterocycles. The van der Waals surface area contributed by atoms with E-state index in [0.717, 1.165) is 5.56 Å². The third kappa shape index (κ3) is 4.39. The number of hydrogen-bond acceptors (Lipinski definition) is 4. The topological polar surface area (TPSA) is 48.0 Å². The van der Waals surface area contributed by atoms with Crippen molar-refractivity contribution in [3.05, 3.63) is 72.8 Å². The molecule has 2 aromatic carbocycles. The number of anilines is 1. The lowest BCUT2D eigenvalue weighted by Gasteiger charge is -2.34. The summed E-state index contributed by atoms with van der Waals surface area (Å²) in [5.41, 5.74) is 1.66. The molecule has 0 spiro atoms. The highest BCUT2D eigenvalue weighted by atomic mass is 16.6. The Balaban J connectivity index is 1.69. The van der Waals surface area contributed by atoms with Crippen molar-refractivity contribution in [2.75, 3.05) is 24.7 Å². The van der Waals surface area contributed by atoms with Gasteiger partial charge in [0.05, 0.1) is 25.4 Å². The van der Waals surface area contributed by atoms with Crippen LogP contribution in [-0.2, 0) is 16.1 Å². The van der Waals surface area contributed by atoms with E-state index in [0.29, 0.717) is 31.2 Å². The van der Waals surface area contributed by atoms with E-state index in [2.05, 4.69) is 6.58 Å². The number of benzene rings is 2. The fourth-order valence-electron chi connectivity index (χ4n) is 2.64.